The molecule has 2 N–H and O–H groups in total. The molecule has 0 unspecified atom stereocenters. The molecule has 1 heterocycles. The van der Waals surface area contributed by atoms with Gasteiger partial charge in [0.05, 0.1) is 0 Å². The number of aromatic nitrogens is 1. The van der Waals surface area contributed by atoms with E-state index in [0.29, 0.717) is 23.6 Å². The van der Waals surface area contributed by atoms with E-state index in [9.17, 15) is 14.0 Å². The average molecular weight is 339 g/mol. The van der Waals surface area contributed by atoms with Crippen LogP contribution in [0.1, 0.15) is 23.3 Å². The van der Waals surface area contributed by atoms with E-state index in [0.717, 1.165) is 4.47 Å². The van der Waals surface area contributed by atoms with Crippen molar-refractivity contribution in [2.45, 2.75) is 25.1 Å². The largest absolute Gasteiger partial charge is 0.348 e. The Morgan fingerprint density at radius 2 is 2.10 bits per heavy atom. The van der Waals surface area contributed by atoms with Crippen LogP contribution in [0.25, 0.3) is 10.8 Å². The number of benzene rings is 1. The number of pyridine rings is 1. The molecule has 0 aliphatic heterocycles. The second-order valence-corrected chi connectivity index (χ2v) is 5.90. The molecule has 0 atom stereocenters. The summed E-state index contributed by atoms with van der Waals surface area (Å²) >= 11 is 3.30. The van der Waals surface area contributed by atoms with E-state index in [1.807, 2.05) is 6.07 Å². The minimum atomic E-state index is -0.826. The highest BCUT2D eigenvalue weighted by molar-refractivity contribution is 9.10. The Balaban J connectivity index is 1.90. The van der Waals surface area contributed by atoms with Crippen molar-refractivity contribution >= 4 is 32.6 Å². The van der Waals surface area contributed by atoms with E-state index < -0.39 is 6.17 Å². The third kappa shape index (κ3) is 2.47. The number of aromatic amines is 1. The zero-order chi connectivity index (χ0) is 14.3. The standard InChI is InChI=1S/C14H12BrFN2O2/c15-8-2-1-7-3-12(18-13(19)11(7)4-8)14(20)17-10-5-9(16)6-10/h1-4,9-10H,5-6H2,(H,17,20)(H,18,19). The molecule has 1 aromatic carbocycles. The minimum absolute atomic E-state index is 0.137. The van der Waals surface area contributed by atoms with Crippen LogP contribution in [0.4, 0.5) is 4.39 Å². The summed E-state index contributed by atoms with van der Waals surface area (Å²) in [5, 5.41) is 3.92. The summed E-state index contributed by atoms with van der Waals surface area (Å²) in [7, 11) is 0. The molecule has 1 saturated carbocycles. The summed E-state index contributed by atoms with van der Waals surface area (Å²) in [5.41, 5.74) is -0.113. The van der Waals surface area contributed by atoms with E-state index in [4.69, 9.17) is 0 Å². The summed E-state index contributed by atoms with van der Waals surface area (Å²) < 4.78 is 13.5. The van der Waals surface area contributed by atoms with E-state index in [1.54, 1.807) is 18.2 Å². The van der Waals surface area contributed by atoms with E-state index >= 15 is 0 Å². The van der Waals surface area contributed by atoms with Gasteiger partial charge in [-0.3, -0.25) is 9.59 Å². The molecular formula is C14H12BrFN2O2. The van der Waals surface area contributed by atoms with Crippen molar-refractivity contribution in [3.05, 3.63) is 44.8 Å². The minimum Gasteiger partial charge on any atom is -0.348 e. The first-order valence-corrected chi connectivity index (χ1v) is 7.10. The molecule has 1 aliphatic rings. The fourth-order valence-electron chi connectivity index (χ4n) is 2.28. The van der Waals surface area contributed by atoms with Crippen molar-refractivity contribution in [2.75, 3.05) is 0 Å². The van der Waals surface area contributed by atoms with Crippen molar-refractivity contribution in [2.24, 2.45) is 0 Å². The van der Waals surface area contributed by atoms with Crippen LogP contribution in [0.5, 0.6) is 0 Å². The van der Waals surface area contributed by atoms with Crippen molar-refractivity contribution in [1.29, 1.82) is 0 Å². The summed E-state index contributed by atoms with van der Waals surface area (Å²) in [4.78, 5) is 26.5. The molecule has 6 heteroatoms. The number of rotatable bonds is 2. The SMILES string of the molecule is O=C(NC1CC(F)C1)c1cc2ccc(Br)cc2c(=O)[nH]1. The zero-order valence-corrected chi connectivity index (χ0v) is 12.0. The lowest BCUT2D eigenvalue weighted by Gasteiger charge is -2.30. The van der Waals surface area contributed by atoms with Crippen molar-refractivity contribution < 1.29 is 9.18 Å². The molecule has 0 radical (unpaired) electrons. The van der Waals surface area contributed by atoms with Gasteiger partial charge in [0, 0.05) is 15.9 Å². The number of nitrogens with one attached hydrogen (secondary N) is 2. The number of halogens is 2. The molecule has 3 rings (SSSR count). The fourth-order valence-corrected chi connectivity index (χ4v) is 2.65. The predicted octanol–water partition coefficient (Wildman–Crippen LogP) is 2.52. The van der Waals surface area contributed by atoms with Gasteiger partial charge in [0.2, 0.25) is 0 Å². The quantitative estimate of drug-likeness (QED) is 0.883. The van der Waals surface area contributed by atoms with Gasteiger partial charge < -0.3 is 10.3 Å². The van der Waals surface area contributed by atoms with Crippen LogP contribution in [0.15, 0.2) is 33.5 Å². The van der Waals surface area contributed by atoms with E-state index in [1.165, 1.54) is 0 Å². The summed E-state index contributed by atoms with van der Waals surface area (Å²) in [5.74, 6) is -0.371. The molecule has 2 aromatic rings. The number of H-pyrrole nitrogens is 1. The second kappa shape index (κ2) is 5.01. The number of hydrogen-bond acceptors (Lipinski definition) is 2. The van der Waals surface area contributed by atoms with Crippen molar-refractivity contribution in [3.8, 4) is 0 Å². The molecule has 20 heavy (non-hydrogen) atoms. The van der Waals surface area contributed by atoms with Crippen molar-refractivity contribution in [1.82, 2.24) is 10.3 Å². The van der Waals surface area contributed by atoms with Gasteiger partial charge >= 0.3 is 0 Å². The van der Waals surface area contributed by atoms with E-state index in [-0.39, 0.29) is 23.2 Å². The van der Waals surface area contributed by atoms with Crippen LogP contribution in [-0.4, -0.2) is 23.1 Å². The normalized spacial score (nSPS) is 21.5. The van der Waals surface area contributed by atoms with Gasteiger partial charge in [-0.25, -0.2) is 4.39 Å². The highest BCUT2D eigenvalue weighted by Crippen LogP contribution is 2.23. The molecule has 104 valence electrons. The lowest BCUT2D eigenvalue weighted by molar-refractivity contribution is 0.0855. The third-order valence-corrected chi connectivity index (χ3v) is 3.96. The molecule has 0 spiro atoms. The summed E-state index contributed by atoms with van der Waals surface area (Å²) in [6, 6.07) is 6.77. The van der Waals surface area contributed by atoms with Crippen molar-refractivity contribution in [3.63, 3.8) is 0 Å². The van der Waals surface area contributed by atoms with Gasteiger partial charge in [-0.1, -0.05) is 22.0 Å². The third-order valence-electron chi connectivity index (χ3n) is 3.47. The zero-order valence-electron chi connectivity index (χ0n) is 10.5. The fraction of sp³-hybridized carbons (Fsp3) is 0.286. The number of hydrogen-bond donors (Lipinski definition) is 2. The first-order valence-electron chi connectivity index (χ1n) is 6.30. The van der Waals surface area contributed by atoms with Gasteiger partial charge in [0.25, 0.3) is 11.5 Å². The Labute approximate surface area is 122 Å². The Morgan fingerprint density at radius 1 is 1.35 bits per heavy atom. The maximum atomic E-state index is 12.7. The molecule has 1 aromatic heterocycles. The summed E-state index contributed by atoms with van der Waals surface area (Å²) in [6.07, 6.45) is -0.138. The Kier molecular flexibility index (Phi) is 3.33. The Morgan fingerprint density at radius 3 is 2.80 bits per heavy atom. The van der Waals surface area contributed by atoms with Crippen LogP contribution in [0.3, 0.4) is 0 Å². The number of fused-ring (bicyclic) bond motifs is 1. The van der Waals surface area contributed by atoms with Gasteiger partial charge in [-0.2, -0.15) is 0 Å². The maximum Gasteiger partial charge on any atom is 0.268 e. The second-order valence-electron chi connectivity index (χ2n) is 4.98. The van der Waals surface area contributed by atoms with Gasteiger partial charge in [0.1, 0.15) is 11.9 Å². The van der Waals surface area contributed by atoms with Crippen LogP contribution >= 0.6 is 15.9 Å². The van der Waals surface area contributed by atoms with Crippen LogP contribution in [0, 0.1) is 0 Å². The molecule has 1 fully saturated rings. The lowest BCUT2D eigenvalue weighted by atomic mass is 9.91. The number of carbonyl (C=O) groups is 1. The number of amides is 1. The number of carbonyl (C=O) groups excluding carboxylic acids is 1. The maximum absolute atomic E-state index is 12.7. The van der Waals surface area contributed by atoms with Crippen LogP contribution < -0.4 is 10.9 Å². The summed E-state index contributed by atoms with van der Waals surface area (Å²) in [6.45, 7) is 0. The molecule has 1 aliphatic carbocycles. The molecule has 1 amide bonds. The van der Waals surface area contributed by atoms with Gasteiger partial charge in [0.15, 0.2) is 0 Å². The molecular weight excluding hydrogens is 327 g/mol. The van der Waals surface area contributed by atoms with Gasteiger partial charge in [-0.15, -0.1) is 0 Å². The first kappa shape index (κ1) is 13.3. The van der Waals surface area contributed by atoms with Crippen LogP contribution in [0.2, 0.25) is 0 Å². The topological polar surface area (TPSA) is 62.0 Å². The van der Waals surface area contributed by atoms with E-state index in [2.05, 4.69) is 26.2 Å². The lowest BCUT2D eigenvalue weighted by Crippen LogP contribution is -2.45. The molecule has 4 nitrogen and oxygen atoms in total. The smallest absolute Gasteiger partial charge is 0.268 e. The average Bonchev–Trinajstić information content (AvgIpc) is 2.37. The first-order chi connectivity index (χ1) is 9.52. The monoisotopic (exact) mass is 338 g/mol. The predicted molar refractivity (Wildman–Crippen MR) is 77.7 cm³/mol. The molecule has 0 bridgehead atoms. The highest BCUT2D eigenvalue weighted by atomic mass is 79.9. The highest BCUT2D eigenvalue weighted by Gasteiger charge is 2.30. The van der Waals surface area contributed by atoms with Crippen LogP contribution in [-0.2, 0) is 0 Å². The number of alkyl halides is 1. The molecule has 0 saturated heterocycles. The Hall–Kier alpha value is -1.69. The van der Waals surface area contributed by atoms with Gasteiger partial charge in [-0.05, 0) is 36.4 Å². The Bertz CT molecular complexity index is 738.